The maximum atomic E-state index is 12.6. The van der Waals surface area contributed by atoms with Crippen molar-refractivity contribution in [3.05, 3.63) is 24.3 Å². The maximum absolute atomic E-state index is 12.6. The van der Waals surface area contributed by atoms with Crippen LogP contribution in [0, 0.1) is 17.8 Å². The molecular weight excluding hydrogens is 326 g/mol. The molecule has 0 aromatic heterocycles. The summed E-state index contributed by atoms with van der Waals surface area (Å²) in [6, 6.07) is 4.74. The smallest absolute Gasteiger partial charge is 0.327 e. The van der Waals surface area contributed by atoms with E-state index in [1.165, 1.54) is 12.1 Å². The summed E-state index contributed by atoms with van der Waals surface area (Å²) in [4.78, 5) is 11.9. The first-order valence-electron chi connectivity index (χ1n) is 7.49. The summed E-state index contributed by atoms with van der Waals surface area (Å²) >= 11 is 0. The molecular formula is C15H18F2N2O3S. The van der Waals surface area contributed by atoms with Gasteiger partial charge in [-0.2, -0.15) is 8.78 Å². The third kappa shape index (κ3) is 2.85. The Morgan fingerprint density at radius 2 is 1.96 bits per heavy atom. The number of benzene rings is 1. The monoisotopic (exact) mass is 344 g/mol. The summed E-state index contributed by atoms with van der Waals surface area (Å²) in [5.74, 6) is -3.45. The molecule has 8 heteroatoms. The first-order chi connectivity index (χ1) is 10.8. The molecule has 3 rings (SSSR count). The van der Waals surface area contributed by atoms with Gasteiger partial charge in [0.15, 0.2) is 0 Å². The minimum absolute atomic E-state index is 0.187. The quantitative estimate of drug-likeness (QED) is 0.874. The van der Waals surface area contributed by atoms with Crippen LogP contribution in [-0.2, 0) is 14.6 Å². The fourth-order valence-electron chi connectivity index (χ4n) is 3.80. The number of nitrogens with two attached hydrogens (primary N) is 1. The first kappa shape index (κ1) is 16.3. The summed E-state index contributed by atoms with van der Waals surface area (Å²) in [7, 11) is -4.68. The number of sulfone groups is 1. The highest BCUT2D eigenvalue weighted by Crippen LogP contribution is 2.47. The molecule has 2 aliphatic rings. The fourth-order valence-corrected chi connectivity index (χ4v) is 4.57. The Morgan fingerprint density at radius 1 is 1.26 bits per heavy atom. The van der Waals surface area contributed by atoms with Crippen LogP contribution in [0.3, 0.4) is 0 Å². The van der Waals surface area contributed by atoms with Crippen LogP contribution in [0.4, 0.5) is 14.5 Å². The summed E-state index contributed by atoms with van der Waals surface area (Å²) in [5, 5.41) is 2.62. The lowest BCUT2D eigenvalue weighted by Gasteiger charge is -2.27. The number of carbonyl (C=O) groups is 1. The average Bonchev–Trinajstić information content (AvgIpc) is 3.08. The highest BCUT2D eigenvalue weighted by Gasteiger charge is 2.49. The number of rotatable bonds is 4. The Morgan fingerprint density at radius 3 is 2.57 bits per heavy atom. The van der Waals surface area contributed by atoms with Crippen LogP contribution >= 0.6 is 0 Å². The number of nitrogens with one attached hydrogen (secondary N) is 1. The minimum atomic E-state index is -4.68. The van der Waals surface area contributed by atoms with E-state index in [0.717, 1.165) is 31.4 Å². The molecule has 3 N–H and O–H groups in total. The fraction of sp³-hybridized carbons (Fsp3) is 0.533. The van der Waals surface area contributed by atoms with Crippen molar-refractivity contribution in [2.24, 2.45) is 23.5 Å². The number of carbonyl (C=O) groups excluding carboxylic acids is 1. The van der Waals surface area contributed by atoms with Crippen molar-refractivity contribution < 1.29 is 22.0 Å². The van der Waals surface area contributed by atoms with Crippen LogP contribution in [-0.4, -0.2) is 26.1 Å². The van der Waals surface area contributed by atoms with Crippen molar-refractivity contribution in [2.45, 2.75) is 36.0 Å². The third-order valence-electron chi connectivity index (χ3n) is 4.95. The first-order valence-corrected chi connectivity index (χ1v) is 9.04. The van der Waals surface area contributed by atoms with Gasteiger partial charge in [-0.3, -0.25) is 4.79 Å². The second kappa shape index (κ2) is 5.83. The Balaban J connectivity index is 1.77. The van der Waals surface area contributed by atoms with Crippen molar-refractivity contribution in [3.63, 3.8) is 0 Å². The predicted octanol–water partition coefficient (Wildman–Crippen LogP) is 1.99. The molecule has 2 bridgehead atoms. The van der Waals surface area contributed by atoms with Crippen LogP contribution in [0.15, 0.2) is 29.2 Å². The van der Waals surface area contributed by atoms with Gasteiger partial charge in [-0.1, -0.05) is 6.07 Å². The van der Waals surface area contributed by atoms with Gasteiger partial charge in [0.05, 0.1) is 10.8 Å². The van der Waals surface area contributed by atoms with Crippen molar-refractivity contribution >= 4 is 21.4 Å². The average molecular weight is 344 g/mol. The van der Waals surface area contributed by atoms with Gasteiger partial charge in [0, 0.05) is 11.7 Å². The summed E-state index contributed by atoms with van der Waals surface area (Å²) in [6.07, 6.45) is 2.95. The molecule has 0 spiro atoms. The normalized spacial score (nSPS) is 29.9. The zero-order chi connectivity index (χ0) is 16.8. The third-order valence-corrected chi connectivity index (χ3v) is 6.33. The van der Waals surface area contributed by atoms with E-state index in [1.54, 1.807) is 0 Å². The maximum Gasteiger partial charge on any atom is 0.341 e. The number of hydrogen-bond acceptors (Lipinski definition) is 4. The predicted molar refractivity (Wildman–Crippen MR) is 80.6 cm³/mol. The number of hydrogen-bond donors (Lipinski definition) is 2. The van der Waals surface area contributed by atoms with E-state index in [0.29, 0.717) is 5.92 Å². The Hall–Kier alpha value is -1.54. The summed E-state index contributed by atoms with van der Waals surface area (Å²) in [5.41, 5.74) is 6.29. The van der Waals surface area contributed by atoms with Gasteiger partial charge in [0.1, 0.15) is 0 Å². The molecule has 1 amide bonds. The zero-order valence-corrected chi connectivity index (χ0v) is 13.1. The molecule has 23 heavy (non-hydrogen) atoms. The van der Waals surface area contributed by atoms with E-state index in [-0.39, 0.29) is 29.5 Å². The molecule has 1 aromatic carbocycles. The molecule has 1 aromatic rings. The second-order valence-corrected chi connectivity index (χ2v) is 8.18. The van der Waals surface area contributed by atoms with Crippen LogP contribution in [0.1, 0.15) is 19.3 Å². The molecule has 0 aliphatic heterocycles. The van der Waals surface area contributed by atoms with Crippen LogP contribution in [0.2, 0.25) is 0 Å². The molecule has 2 aliphatic carbocycles. The van der Waals surface area contributed by atoms with E-state index < -0.39 is 20.5 Å². The molecule has 0 radical (unpaired) electrons. The largest absolute Gasteiger partial charge is 0.341 e. The molecule has 0 heterocycles. The number of halogens is 2. The van der Waals surface area contributed by atoms with Gasteiger partial charge in [-0.15, -0.1) is 0 Å². The van der Waals surface area contributed by atoms with Gasteiger partial charge in [-0.05, 0) is 49.3 Å². The number of anilines is 1. The van der Waals surface area contributed by atoms with E-state index in [1.807, 2.05) is 0 Å². The Bertz CT molecular complexity index is 721. The van der Waals surface area contributed by atoms with Crippen molar-refractivity contribution in [1.29, 1.82) is 0 Å². The van der Waals surface area contributed by atoms with Crippen LogP contribution in [0.25, 0.3) is 0 Å². The Kier molecular flexibility index (Phi) is 4.14. The van der Waals surface area contributed by atoms with E-state index >= 15 is 0 Å². The van der Waals surface area contributed by atoms with Crippen molar-refractivity contribution in [3.8, 4) is 0 Å². The molecule has 2 saturated carbocycles. The Labute approximate surface area is 133 Å². The standard InChI is InChI=1S/C15H18F2N2O3S/c16-15(17)23(21,22)11-3-1-2-10(7-11)19-14(20)12-8-4-5-9(6-8)13(12)18/h1-3,7-9,12-13,15H,4-6,18H2,(H,19,20). The SMILES string of the molecule is NC1C2CCC(C2)C1C(=O)Nc1cccc(S(=O)(=O)C(F)F)c1. The molecule has 0 saturated heterocycles. The minimum Gasteiger partial charge on any atom is -0.327 e. The molecule has 4 atom stereocenters. The van der Waals surface area contributed by atoms with Crippen LogP contribution in [0.5, 0.6) is 0 Å². The van der Waals surface area contributed by atoms with Gasteiger partial charge >= 0.3 is 5.76 Å². The summed E-state index contributed by atoms with van der Waals surface area (Å²) in [6.45, 7) is 0. The number of amides is 1. The molecule has 2 fully saturated rings. The van der Waals surface area contributed by atoms with E-state index in [9.17, 15) is 22.0 Å². The highest BCUT2D eigenvalue weighted by atomic mass is 32.2. The van der Waals surface area contributed by atoms with Gasteiger partial charge in [0.25, 0.3) is 0 Å². The highest BCUT2D eigenvalue weighted by molar-refractivity contribution is 7.91. The van der Waals surface area contributed by atoms with Gasteiger partial charge < -0.3 is 11.1 Å². The van der Waals surface area contributed by atoms with Gasteiger partial charge in [0.2, 0.25) is 15.7 Å². The van der Waals surface area contributed by atoms with Crippen molar-refractivity contribution in [1.82, 2.24) is 0 Å². The van der Waals surface area contributed by atoms with Crippen LogP contribution < -0.4 is 11.1 Å². The molecule has 4 unspecified atom stereocenters. The second-order valence-electron chi connectivity index (χ2n) is 6.26. The zero-order valence-electron chi connectivity index (χ0n) is 12.3. The summed E-state index contributed by atoms with van der Waals surface area (Å²) < 4.78 is 48.2. The van der Waals surface area contributed by atoms with Crippen molar-refractivity contribution in [2.75, 3.05) is 5.32 Å². The van der Waals surface area contributed by atoms with Gasteiger partial charge in [-0.25, -0.2) is 8.42 Å². The molecule has 5 nitrogen and oxygen atoms in total. The topological polar surface area (TPSA) is 89.3 Å². The lowest BCUT2D eigenvalue weighted by Crippen LogP contribution is -2.42. The lowest BCUT2D eigenvalue weighted by atomic mass is 9.84. The van der Waals surface area contributed by atoms with E-state index in [4.69, 9.17) is 5.73 Å². The number of alkyl halides is 2. The number of fused-ring (bicyclic) bond motifs is 2. The van der Waals surface area contributed by atoms with E-state index in [2.05, 4.69) is 5.32 Å². The lowest BCUT2D eigenvalue weighted by molar-refractivity contribution is -0.121. The molecule has 126 valence electrons.